The summed E-state index contributed by atoms with van der Waals surface area (Å²) < 4.78 is 31.7. The van der Waals surface area contributed by atoms with Crippen molar-refractivity contribution in [3.8, 4) is 0 Å². The molecule has 44 heavy (non-hydrogen) atoms. The zero-order chi connectivity index (χ0) is 32.4. The number of likely N-dealkylation sites (N-methyl/N-ethyl adjacent to an activating group) is 1. The third-order valence-corrected chi connectivity index (χ3v) is 7.15. The van der Waals surface area contributed by atoms with Gasteiger partial charge >= 0.3 is 18.1 Å². The van der Waals surface area contributed by atoms with Crippen LogP contribution in [0.4, 0.5) is 18.9 Å². The van der Waals surface area contributed by atoms with Gasteiger partial charge < -0.3 is 25.7 Å². The van der Waals surface area contributed by atoms with Crippen LogP contribution >= 0.6 is 0 Å². The number of hydrogen-bond donors (Lipinski definition) is 3. The van der Waals surface area contributed by atoms with Gasteiger partial charge in [-0.1, -0.05) is 73.2 Å². The molecule has 0 spiro atoms. The maximum absolute atomic E-state index is 14.4. The molecule has 9 nitrogen and oxygen atoms in total. The van der Waals surface area contributed by atoms with Gasteiger partial charge in [0.25, 0.3) is 11.8 Å². The third-order valence-electron chi connectivity index (χ3n) is 7.15. The number of carboxylic acids is 2. The lowest BCUT2D eigenvalue weighted by molar-refractivity contribution is -0.192. The van der Waals surface area contributed by atoms with Crippen molar-refractivity contribution in [1.82, 2.24) is 4.90 Å². The second-order valence-electron chi connectivity index (χ2n) is 10.2. The number of alkyl halides is 3. The first-order valence-corrected chi connectivity index (χ1v) is 13.9. The van der Waals surface area contributed by atoms with E-state index < -0.39 is 30.2 Å². The highest BCUT2D eigenvalue weighted by molar-refractivity contribution is 6.11. The van der Waals surface area contributed by atoms with Crippen LogP contribution in [0.25, 0.3) is 0 Å². The Kier molecular flexibility index (Phi) is 11.6. The summed E-state index contributed by atoms with van der Waals surface area (Å²) in [7, 11) is 1.67. The lowest BCUT2D eigenvalue weighted by atomic mass is 9.95. The van der Waals surface area contributed by atoms with Gasteiger partial charge in [-0.05, 0) is 54.6 Å². The molecule has 2 unspecified atom stereocenters. The summed E-state index contributed by atoms with van der Waals surface area (Å²) in [4.78, 5) is 52.3. The van der Waals surface area contributed by atoms with E-state index in [1.165, 1.54) is 9.80 Å². The van der Waals surface area contributed by atoms with Crippen molar-refractivity contribution in [2.24, 2.45) is 5.73 Å². The molecule has 234 valence electrons. The molecule has 2 atom stereocenters. The number of carboxylic acid groups (broad SMARTS) is 2. The monoisotopic (exact) mass is 613 g/mol. The largest absolute Gasteiger partial charge is 0.490 e. The van der Waals surface area contributed by atoms with Crippen LogP contribution in [0.5, 0.6) is 0 Å². The van der Waals surface area contributed by atoms with Crippen molar-refractivity contribution in [2.75, 3.05) is 18.5 Å². The van der Waals surface area contributed by atoms with E-state index in [9.17, 15) is 32.7 Å². The number of anilines is 1. The van der Waals surface area contributed by atoms with Crippen LogP contribution in [0.3, 0.4) is 0 Å². The van der Waals surface area contributed by atoms with E-state index in [0.29, 0.717) is 28.9 Å². The standard InChI is InChI=1S/C30H33N3O4.C2HF3O2/c1-32-25-17-16-21(11-5-4-10-18-31)19-24(25)29(36)33(28(30(32)37)23-14-8-3-9-15-23)26(20-27(34)35)22-12-6-2-7-13-22;3-2(4,5)1(6)7/h2-3,6-9,12-17,19,26,28H,4-5,10-11,18,20,31H2,1H3,(H,34,35);(H,6,7). The van der Waals surface area contributed by atoms with Crippen molar-refractivity contribution in [3.63, 3.8) is 0 Å². The van der Waals surface area contributed by atoms with Gasteiger partial charge in [-0.2, -0.15) is 13.2 Å². The number of halogens is 3. The van der Waals surface area contributed by atoms with E-state index in [2.05, 4.69) is 0 Å². The van der Waals surface area contributed by atoms with Crippen molar-refractivity contribution in [1.29, 1.82) is 0 Å². The van der Waals surface area contributed by atoms with Crippen molar-refractivity contribution in [3.05, 3.63) is 101 Å². The minimum Gasteiger partial charge on any atom is -0.481 e. The van der Waals surface area contributed by atoms with Crippen LogP contribution in [0.2, 0.25) is 0 Å². The fourth-order valence-electron chi connectivity index (χ4n) is 5.01. The van der Waals surface area contributed by atoms with Crippen LogP contribution in [-0.2, 0) is 20.8 Å². The quantitative estimate of drug-likeness (QED) is 0.261. The lowest BCUT2D eigenvalue weighted by Crippen LogP contribution is -2.43. The van der Waals surface area contributed by atoms with Gasteiger partial charge in [0.15, 0.2) is 0 Å². The summed E-state index contributed by atoms with van der Waals surface area (Å²) in [5.41, 5.74) is 8.83. The summed E-state index contributed by atoms with van der Waals surface area (Å²) >= 11 is 0. The second kappa shape index (κ2) is 15.1. The Bertz CT molecular complexity index is 1450. The van der Waals surface area contributed by atoms with E-state index in [0.717, 1.165) is 31.2 Å². The normalized spacial score (nSPS) is 15.5. The summed E-state index contributed by atoms with van der Waals surface area (Å²) in [5, 5.41) is 17.0. The number of benzene rings is 3. The number of rotatable bonds is 10. The second-order valence-corrected chi connectivity index (χ2v) is 10.2. The molecule has 4 rings (SSSR count). The van der Waals surface area contributed by atoms with E-state index in [-0.39, 0.29) is 18.2 Å². The highest BCUT2D eigenvalue weighted by atomic mass is 19.4. The fraction of sp³-hybridized carbons (Fsp3) is 0.312. The van der Waals surface area contributed by atoms with Crippen LogP contribution in [0.15, 0.2) is 78.9 Å². The SMILES string of the molecule is CN1C(=O)C(c2ccccc2)N(C(CC(=O)O)c2ccccc2)C(=O)c2cc(CCCCCN)ccc21.O=C(O)C(F)(F)F. The Hall–Kier alpha value is -4.71. The molecular weight excluding hydrogens is 579 g/mol. The number of fused-ring (bicyclic) bond motifs is 1. The Morgan fingerprint density at radius 2 is 1.50 bits per heavy atom. The van der Waals surface area contributed by atoms with Crippen LogP contribution < -0.4 is 10.6 Å². The van der Waals surface area contributed by atoms with E-state index in [4.69, 9.17) is 15.6 Å². The molecule has 0 aliphatic carbocycles. The number of unbranched alkanes of at least 4 members (excludes halogenated alkanes) is 2. The Balaban J connectivity index is 0.000000676. The number of aryl methyl sites for hydroxylation is 1. The molecule has 0 aromatic heterocycles. The van der Waals surface area contributed by atoms with Gasteiger partial charge in [0, 0.05) is 7.05 Å². The van der Waals surface area contributed by atoms with Gasteiger partial charge in [0.05, 0.1) is 23.7 Å². The summed E-state index contributed by atoms with van der Waals surface area (Å²) in [6.45, 7) is 0.649. The average molecular weight is 614 g/mol. The van der Waals surface area contributed by atoms with Crippen molar-refractivity contribution < 1.29 is 42.6 Å². The molecule has 4 N–H and O–H groups in total. The Labute approximate surface area is 252 Å². The van der Waals surface area contributed by atoms with Gasteiger partial charge in [0.1, 0.15) is 6.04 Å². The molecule has 0 saturated heterocycles. The van der Waals surface area contributed by atoms with Crippen molar-refractivity contribution >= 4 is 29.4 Å². The summed E-state index contributed by atoms with van der Waals surface area (Å²) in [5.74, 6) is -4.46. The molecule has 0 radical (unpaired) electrons. The number of carbonyl (C=O) groups excluding carboxylic acids is 2. The minimum absolute atomic E-state index is 0.291. The zero-order valence-corrected chi connectivity index (χ0v) is 24.0. The third kappa shape index (κ3) is 8.44. The van der Waals surface area contributed by atoms with E-state index in [1.54, 1.807) is 31.3 Å². The van der Waals surface area contributed by atoms with Crippen LogP contribution in [-0.4, -0.2) is 58.6 Å². The number of hydrogen-bond acceptors (Lipinski definition) is 5. The van der Waals surface area contributed by atoms with Gasteiger partial charge in [0.2, 0.25) is 0 Å². The van der Waals surface area contributed by atoms with Gasteiger partial charge in [-0.3, -0.25) is 14.4 Å². The number of nitrogens with two attached hydrogens (primary N) is 1. The first-order valence-electron chi connectivity index (χ1n) is 13.9. The Morgan fingerprint density at radius 3 is 2.05 bits per heavy atom. The number of nitrogens with zero attached hydrogens (tertiary/aromatic N) is 2. The topological polar surface area (TPSA) is 141 Å². The molecule has 12 heteroatoms. The first-order chi connectivity index (χ1) is 20.9. The maximum Gasteiger partial charge on any atom is 0.490 e. The maximum atomic E-state index is 14.4. The lowest BCUT2D eigenvalue weighted by Gasteiger charge is -2.36. The van der Waals surface area contributed by atoms with Gasteiger partial charge in [-0.15, -0.1) is 0 Å². The zero-order valence-electron chi connectivity index (χ0n) is 24.0. The smallest absolute Gasteiger partial charge is 0.481 e. The average Bonchev–Trinajstić information content (AvgIpc) is 3.07. The summed E-state index contributed by atoms with van der Waals surface area (Å²) in [6.07, 6.45) is -1.73. The van der Waals surface area contributed by atoms with Gasteiger partial charge in [-0.25, -0.2) is 4.79 Å². The molecule has 0 saturated carbocycles. The predicted molar refractivity (Wildman–Crippen MR) is 157 cm³/mol. The van der Waals surface area contributed by atoms with E-state index in [1.807, 2.05) is 54.6 Å². The first kappa shape index (κ1) is 33.8. The molecule has 3 aromatic rings. The minimum atomic E-state index is -5.08. The number of amides is 2. The van der Waals surface area contributed by atoms with Crippen LogP contribution in [0.1, 0.15) is 64.8 Å². The molecular formula is C32H34F3N3O6. The predicted octanol–water partition coefficient (Wildman–Crippen LogP) is 5.37. The molecule has 0 fully saturated rings. The number of carbonyl (C=O) groups is 4. The fourth-order valence-corrected chi connectivity index (χ4v) is 5.01. The molecule has 3 aromatic carbocycles. The van der Waals surface area contributed by atoms with Crippen molar-refractivity contribution in [2.45, 2.75) is 50.4 Å². The molecule has 0 bridgehead atoms. The molecule has 1 aliphatic rings. The number of aliphatic carboxylic acids is 2. The highest BCUT2D eigenvalue weighted by Crippen LogP contribution is 2.40. The molecule has 1 heterocycles. The highest BCUT2D eigenvalue weighted by Gasteiger charge is 2.43. The molecule has 1 aliphatic heterocycles. The molecule has 2 amide bonds. The van der Waals surface area contributed by atoms with Crippen LogP contribution in [0, 0.1) is 0 Å². The summed E-state index contributed by atoms with van der Waals surface area (Å²) in [6, 6.07) is 22.0. The van der Waals surface area contributed by atoms with E-state index >= 15 is 0 Å². The Morgan fingerprint density at radius 1 is 0.909 bits per heavy atom.